The summed E-state index contributed by atoms with van der Waals surface area (Å²) in [5.41, 5.74) is 11.0. The Morgan fingerprint density at radius 1 is 1.30 bits per heavy atom. The number of hydrogen-bond acceptors (Lipinski definition) is 6. The number of urea groups is 1. The summed E-state index contributed by atoms with van der Waals surface area (Å²) < 4.78 is 0. The van der Waals surface area contributed by atoms with E-state index in [1.54, 1.807) is 9.80 Å². The molecule has 1 aromatic heterocycles. The van der Waals surface area contributed by atoms with Crippen LogP contribution in [0.2, 0.25) is 0 Å². The first-order chi connectivity index (χ1) is 13.8. The van der Waals surface area contributed by atoms with Crippen molar-refractivity contribution in [1.82, 2.24) is 25.1 Å². The number of H-pyrrole nitrogens is 1. The van der Waals surface area contributed by atoms with E-state index in [9.17, 15) is 9.59 Å². The maximum absolute atomic E-state index is 13.7. The second-order valence-corrected chi connectivity index (χ2v) is 9.79. The molecule has 1 fully saturated rings. The molecule has 2 rings (SSSR count). The molecule has 1 aromatic rings. The van der Waals surface area contributed by atoms with E-state index < -0.39 is 17.7 Å². The van der Waals surface area contributed by atoms with Crippen LogP contribution in [-0.2, 0) is 4.79 Å². The number of carbonyl (C=O) groups excluding carboxylic acids is 2. The van der Waals surface area contributed by atoms with Gasteiger partial charge in [0.05, 0.1) is 12.4 Å². The summed E-state index contributed by atoms with van der Waals surface area (Å²) in [6.07, 6.45) is 1.69. The number of imidazole rings is 1. The van der Waals surface area contributed by atoms with Gasteiger partial charge in [0.15, 0.2) is 5.95 Å². The van der Waals surface area contributed by atoms with Gasteiger partial charge < -0.3 is 26.7 Å². The summed E-state index contributed by atoms with van der Waals surface area (Å²) >= 11 is 0. The number of rotatable bonds is 4. The Balaban J connectivity index is 2.38. The molecule has 10 heteroatoms. The topological polar surface area (TPSA) is 137 Å². The van der Waals surface area contributed by atoms with Crippen molar-refractivity contribution in [2.75, 3.05) is 30.3 Å². The van der Waals surface area contributed by atoms with Gasteiger partial charge in [-0.15, -0.1) is 0 Å². The highest BCUT2D eigenvalue weighted by Gasteiger charge is 2.42. The Bertz CT molecular complexity index is 749. The minimum atomic E-state index is -0.659. The van der Waals surface area contributed by atoms with E-state index in [0.29, 0.717) is 31.9 Å². The lowest BCUT2D eigenvalue weighted by Gasteiger charge is -2.48. The minimum Gasteiger partial charge on any atom is -0.369 e. The van der Waals surface area contributed by atoms with E-state index >= 15 is 0 Å². The third-order valence-electron chi connectivity index (χ3n) is 5.33. The molecule has 0 aliphatic carbocycles. The van der Waals surface area contributed by atoms with Gasteiger partial charge in [-0.25, -0.2) is 9.78 Å². The molecule has 10 nitrogen and oxygen atoms in total. The van der Waals surface area contributed by atoms with Gasteiger partial charge in [-0.1, -0.05) is 6.92 Å². The van der Waals surface area contributed by atoms with E-state index in [2.05, 4.69) is 41.0 Å². The Hall–Kier alpha value is -2.33. The molecule has 2 atom stereocenters. The van der Waals surface area contributed by atoms with Gasteiger partial charge in [0, 0.05) is 30.7 Å². The molecule has 0 spiro atoms. The lowest BCUT2D eigenvalue weighted by molar-refractivity contribution is -0.129. The molecule has 0 saturated carbocycles. The van der Waals surface area contributed by atoms with Crippen LogP contribution < -0.4 is 21.7 Å². The average Bonchev–Trinajstić information content (AvgIpc) is 3.04. The largest absolute Gasteiger partial charge is 0.369 e. The van der Waals surface area contributed by atoms with Crippen LogP contribution >= 0.6 is 0 Å². The molecule has 2 heterocycles. The van der Waals surface area contributed by atoms with E-state index in [4.69, 9.17) is 11.5 Å². The van der Waals surface area contributed by atoms with Crippen LogP contribution in [0.3, 0.4) is 0 Å². The van der Waals surface area contributed by atoms with Crippen LogP contribution in [0.15, 0.2) is 6.20 Å². The maximum Gasteiger partial charge on any atom is 0.326 e. The normalized spacial score (nSPS) is 19.5. The lowest BCUT2D eigenvalue weighted by Crippen LogP contribution is -2.67. The highest BCUT2D eigenvalue weighted by atomic mass is 16.2. The van der Waals surface area contributed by atoms with Crippen LogP contribution in [-0.4, -0.2) is 74.6 Å². The molecule has 6 N–H and O–H groups in total. The lowest BCUT2D eigenvalue weighted by atomic mass is 10.0. The fourth-order valence-corrected chi connectivity index (χ4v) is 3.55. The van der Waals surface area contributed by atoms with Crippen molar-refractivity contribution in [3.63, 3.8) is 0 Å². The van der Waals surface area contributed by atoms with E-state index in [-0.39, 0.29) is 23.4 Å². The van der Waals surface area contributed by atoms with Crippen LogP contribution in [0.1, 0.15) is 54.9 Å². The smallest absolute Gasteiger partial charge is 0.326 e. The van der Waals surface area contributed by atoms with Gasteiger partial charge in [0.2, 0.25) is 5.91 Å². The number of carbonyl (C=O) groups is 2. The van der Waals surface area contributed by atoms with Crippen molar-refractivity contribution in [3.8, 4) is 0 Å². The monoisotopic (exact) mass is 422 g/mol. The van der Waals surface area contributed by atoms with Crippen molar-refractivity contribution in [3.05, 3.63) is 6.20 Å². The number of amides is 3. The first-order valence-corrected chi connectivity index (χ1v) is 10.5. The number of hydrogen-bond donors (Lipinski definition) is 4. The SMILES string of the molecule is CCC(N)NC(=O)C1CN(C(C)(C)C)CCN1C(=O)N(c1cnc(N)[nH]1)C(C)(C)C. The van der Waals surface area contributed by atoms with Gasteiger partial charge in [0.25, 0.3) is 0 Å². The summed E-state index contributed by atoms with van der Waals surface area (Å²) in [5, 5.41) is 2.84. The van der Waals surface area contributed by atoms with Gasteiger partial charge >= 0.3 is 6.03 Å². The van der Waals surface area contributed by atoms with Crippen LogP contribution in [0.25, 0.3) is 0 Å². The number of nitrogens with two attached hydrogens (primary N) is 2. The predicted octanol–water partition coefficient (Wildman–Crippen LogP) is 1.31. The molecule has 1 saturated heterocycles. The molecule has 0 aromatic carbocycles. The third kappa shape index (κ3) is 5.42. The molecule has 0 radical (unpaired) electrons. The summed E-state index contributed by atoms with van der Waals surface area (Å²) in [6, 6.07) is -0.932. The Kier molecular flexibility index (Phi) is 7.03. The Morgan fingerprint density at radius 2 is 1.93 bits per heavy atom. The fourth-order valence-electron chi connectivity index (χ4n) is 3.55. The molecule has 170 valence electrons. The third-order valence-corrected chi connectivity index (χ3v) is 5.33. The Labute approximate surface area is 179 Å². The van der Waals surface area contributed by atoms with E-state index in [0.717, 1.165) is 0 Å². The molecule has 3 amide bonds. The molecule has 1 aliphatic rings. The summed E-state index contributed by atoms with van der Waals surface area (Å²) in [7, 11) is 0. The number of nitrogen functional groups attached to an aromatic ring is 1. The second-order valence-electron chi connectivity index (χ2n) is 9.79. The summed E-state index contributed by atoms with van der Waals surface area (Å²) in [6.45, 7) is 15.5. The zero-order chi connectivity index (χ0) is 22.9. The Morgan fingerprint density at radius 3 is 2.40 bits per heavy atom. The fraction of sp³-hybridized carbons (Fsp3) is 0.750. The molecular formula is C20H38N8O2. The van der Waals surface area contributed by atoms with Gasteiger partial charge in [-0.2, -0.15) is 0 Å². The van der Waals surface area contributed by atoms with E-state index in [1.807, 2.05) is 27.7 Å². The second kappa shape index (κ2) is 8.81. The van der Waals surface area contributed by atoms with E-state index in [1.165, 1.54) is 6.20 Å². The van der Waals surface area contributed by atoms with Crippen LogP contribution in [0, 0.1) is 0 Å². The quantitative estimate of drug-likeness (QED) is 0.540. The molecule has 1 aliphatic heterocycles. The van der Waals surface area contributed by atoms with Crippen LogP contribution in [0.5, 0.6) is 0 Å². The summed E-state index contributed by atoms with van der Waals surface area (Å²) in [5.74, 6) is 0.477. The zero-order valence-electron chi connectivity index (χ0n) is 19.3. The van der Waals surface area contributed by atoms with Crippen molar-refractivity contribution in [2.45, 2.75) is 78.2 Å². The number of aromatic amines is 1. The predicted molar refractivity (Wildman–Crippen MR) is 119 cm³/mol. The summed E-state index contributed by atoms with van der Waals surface area (Å²) in [4.78, 5) is 39.2. The minimum absolute atomic E-state index is 0.123. The van der Waals surface area contributed by atoms with Crippen molar-refractivity contribution < 1.29 is 9.59 Å². The molecule has 30 heavy (non-hydrogen) atoms. The number of anilines is 2. The first-order valence-electron chi connectivity index (χ1n) is 10.5. The zero-order valence-corrected chi connectivity index (χ0v) is 19.3. The van der Waals surface area contributed by atoms with Crippen LogP contribution in [0.4, 0.5) is 16.6 Å². The highest BCUT2D eigenvalue weighted by Crippen LogP contribution is 2.27. The first kappa shape index (κ1) is 23.9. The number of nitrogens with one attached hydrogen (secondary N) is 2. The van der Waals surface area contributed by atoms with Gasteiger partial charge in [-0.3, -0.25) is 14.6 Å². The highest BCUT2D eigenvalue weighted by molar-refractivity contribution is 5.96. The van der Waals surface area contributed by atoms with Crippen molar-refractivity contribution >= 4 is 23.7 Å². The van der Waals surface area contributed by atoms with Gasteiger partial charge in [0.1, 0.15) is 11.9 Å². The number of aromatic nitrogens is 2. The average molecular weight is 423 g/mol. The standard InChI is InChI=1S/C20H38N8O2/c1-8-14(21)24-16(29)13-12-26(19(2,3)4)9-10-27(13)18(30)28(20(5,6)7)15-11-23-17(22)25-15/h11,13-14H,8-10,12,21H2,1-7H3,(H,24,29)(H3,22,23,25). The van der Waals surface area contributed by atoms with Crippen molar-refractivity contribution in [1.29, 1.82) is 0 Å². The molecule has 0 bridgehead atoms. The molecule has 2 unspecified atom stereocenters. The number of piperazine rings is 1. The number of nitrogens with zero attached hydrogens (tertiary/aromatic N) is 4. The molecular weight excluding hydrogens is 384 g/mol. The maximum atomic E-state index is 13.7. The van der Waals surface area contributed by atoms with Gasteiger partial charge in [-0.05, 0) is 48.0 Å². The van der Waals surface area contributed by atoms with Crippen molar-refractivity contribution in [2.24, 2.45) is 5.73 Å².